The normalized spacial score (nSPS) is 10.7. The molecule has 0 aliphatic rings. The maximum Gasteiger partial charge on any atom is 0.142 e. The summed E-state index contributed by atoms with van der Waals surface area (Å²) in [6, 6.07) is 7.91. The zero-order valence-corrected chi connectivity index (χ0v) is 10.9. The number of nitrogens with zero attached hydrogens (tertiary/aromatic N) is 3. The largest absolute Gasteiger partial charge is 0.489 e. The van der Waals surface area contributed by atoms with E-state index in [1.807, 2.05) is 45.2 Å². The average molecular weight is 246 g/mol. The summed E-state index contributed by atoms with van der Waals surface area (Å²) in [5.41, 5.74) is 2.00. The van der Waals surface area contributed by atoms with Crippen molar-refractivity contribution in [1.82, 2.24) is 15.0 Å². The van der Waals surface area contributed by atoms with E-state index in [-0.39, 0.29) is 6.10 Å². The summed E-state index contributed by atoms with van der Waals surface area (Å²) >= 11 is 0. The summed E-state index contributed by atoms with van der Waals surface area (Å²) in [4.78, 5) is 0. The van der Waals surface area contributed by atoms with Gasteiger partial charge in [0.05, 0.1) is 30.2 Å². The molecule has 0 atom stereocenters. The van der Waals surface area contributed by atoms with Gasteiger partial charge < -0.3 is 10.1 Å². The molecule has 1 N–H and O–H groups in total. The van der Waals surface area contributed by atoms with E-state index in [0.717, 1.165) is 17.1 Å². The van der Waals surface area contributed by atoms with Crippen molar-refractivity contribution >= 4 is 5.69 Å². The van der Waals surface area contributed by atoms with Crippen LogP contribution in [0.5, 0.6) is 5.75 Å². The highest BCUT2D eigenvalue weighted by Crippen LogP contribution is 2.25. The number of hydrogen-bond donors (Lipinski definition) is 1. The summed E-state index contributed by atoms with van der Waals surface area (Å²) in [6.07, 6.45) is 1.91. The van der Waals surface area contributed by atoms with Gasteiger partial charge in [0.15, 0.2) is 0 Å². The van der Waals surface area contributed by atoms with Crippen LogP contribution in [0.15, 0.2) is 30.5 Å². The number of aromatic nitrogens is 3. The minimum Gasteiger partial charge on any atom is -0.489 e. The van der Waals surface area contributed by atoms with Crippen molar-refractivity contribution in [2.75, 3.05) is 5.32 Å². The Morgan fingerprint density at radius 3 is 2.78 bits per heavy atom. The molecule has 1 aromatic carbocycles. The highest BCUT2D eigenvalue weighted by Gasteiger charge is 2.05. The van der Waals surface area contributed by atoms with Crippen LogP contribution < -0.4 is 10.1 Å². The summed E-state index contributed by atoms with van der Waals surface area (Å²) in [6.45, 7) is 4.70. The summed E-state index contributed by atoms with van der Waals surface area (Å²) in [5, 5.41) is 11.1. The van der Waals surface area contributed by atoms with Gasteiger partial charge in [-0.2, -0.15) is 0 Å². The molecule has 2 aromatic rings. The molecular formula is C13H18N4O. The third-order valence-corrected chi connectivity index (χ3v) is 2.52. The number of rotatable bonds is 5. The number of para-hydroxylation sites is 2. The van der Waals surface area contributed by atoms with Crippen LogP contribution in [0.2, 0.25) is 0 Å². The molecule has 0 amide bonds. The van der Waals surface area contributed by atoms with Crippen molar-refractivity contribution < 1.29 is 4.74 Å². The Hall–Kier alpha value is -2.04. The maximum atomic E-state index is 5.74. The SMILES string of the molecule is CC(C)Oc1ccccc1NCc1cnnn1C. The molecule has 0 spiro atoms. The second kappa shape index (κ2) is 5.53. The molecule has 0 bridgehead atoms. The first-order valence-corrected chi connectivity index (χ1v) is 6.00. The van der Waals surface area contributed by atoms with Crippen molar-refractivity contribution in [3.63, 3.8) is 0 Å². The molecule has 0 saturated carbocycles. The van der Waals surface area contributed by atoms with Crippen LogP contribution >= 0.6 is 0 Å². The van der Waals surface area contributed by atoms with Crippen LogP contribution in [0, 0.1) is 0 Å². The van der Waals surface area contributed by atoms with E-state index >= 15 is 0 Å². The van der Waals surface area contributed by atoms with E-state index in [0.29, 0.717) is 6.54 Å². The molecule has 96 valence electrons. The van der Waals surface area contributed by atoms with E-state index in [9.17, 15) is 0 Å². The quantitative estimate of drug-likeness (QED) is 0.878. The van der Waals surface area contributed by atoms with Gasteiger partial charge in [0.2, 0.25) is 0 Å². The smallest absolute Gasteiger partial charge is 0.142 e. The van der Waals surface area contributed by atoms with Gasteiger partial charge in [-0.05, 0) is 26.0 Å². The minimum atomic E-state index is 0.159. The number of anilines is 1. The summed E-state index contributed by atoms with van der Waals surface area (Å²) in [7, 11) is 1.88. The molecular weight excluding hydrogens is 228 g/mol. The highest BCUT2D eigenvalue weighted by molar-refractivity contribution is 5.56. The van der Waals surface area contributed by atoms with Crippen LogP contribution in [0.1, 0.15) is 19.5 Å². The average Bonchev–Trinajstić information content (AvgIpc) is 2.73. The monoisotopic (exact) mass is 246 g/mol. The van der Waals surface area contributed by atoms with Gasteiger partial charge in [-0.3, -0.25) is 4.68 Å². The molecule has 1 heterocycles. The van der Waals surface area contributed by atoms with Gasteiger partial charge in [0, 0.05) is 7.05 Å². The van der Waals surface area contributed by atoms with E-state index in [1.165, 1.54) is 0 Å². The minimum absolute atomic E-state index is 0.159. The van der Waals surface area contributed by atoms with Crippen LogP contribution in [0.4, 0.5) is 5.69 Å². The Bertz CT molecular complexity index is 507. The van der Waals surface area contributed by atoms with Gasteiger partial charge >= 0.3 is 0 Å². The van der Waals surface area contributed by atoms with Gasteiger partial charge in [0.25, 0.3) is 0 Å². The first-order valence-electron chi connectivity index (χ1n) is 6.00. The number of aryl methyl sites for hydroxylation is 1. The van der Waals surface area contributed by atoms with Gasteiger partial charge in [-0.25, -0.2) is 0 Å². The van der Waals surface area contributed by atoms with Crippen LogP contribution in [0.25, 0.3) is 0 Å². The molecule has 0 saturated heterocycles. The third-order valence-electron chi connectivity index (χ3n) is 2.52. The Labute approximate surface area is 107 Å². The lowest BCUT2D eigenvalue weighted by Crippen LogP contribution is -2.10. The Morgan fingerprint density at radius 2 is 2.11 bits per heavy atom. The summed E-state index contributed by atoms with van der Waals surface area (Å²) < 4.78 is 7.49. The fourth-order valence-corrected chi connectivity index (χ4v) is 1.63. The van der Waals surface area contributed by atoms with Crippen LogP contribution in [-0.2, 0) is 13.6 Å². The molecule has 5 nitrogen and oxygen atoms in total. The van der Waals surface area contributed by atoms with Crippen molar-refractivity contribution in [1.29, 1.82) is 0 Å². The topological polar surface area (TPSA) is 52.0 Å². The molecule has 18 heavy (non-hydrogen) atoms. The van der Waals surface area contributed by atoms with Crippen molar-refractivity contribution in [3.8, 4) is 5.75 Å². The molecule has 0 radical (unpaired) electrons. The Balaban J connectivity index is 2.07. The van der Waals surface area contributed by atoms with E-state index in [1.54, 1.807) is 10.9 Å². The molecule has 0 aliphatic heterocycles. The van der Waals surface area contributed by atoms with E-state index < -0.39 is 0 Å². The number of nitrogens with one attached hydrogen (secondary N) is 1. The molecule has 0 fully saturated rings. The Kier molecular flexibility index (Phi) is 3.82. The van der Waals surface area contributed by atoms with Crippen molar-refractivity contribution in [3.05, 3.63) is 36.2 Å². The van der Waals surface area contributed by atoms with Gasteiger partial charge in [0.1, 0.15) is 5.75 Å². The number of benzene rings is 1. The maximum absolute atomic E-state index is 5.74. The van der Waals surface area contributed by atoms with Gasteiger partial charge in [-0.15, -0.1) is 5.10 Å². The van der Waals surface area contributed by atoms with Gasteiger partial charge in [-0.1, -0.05) is 17.3 Å². The predicted octanol–water partition coefficient (Wildman–Crippen LogP) is 2.21. The van der Waals surface area contributed by atoms with E-state index in [2.05, 4.69) is 15.6 Å². The molecule has 1 aromatic heterocycles. The lowest BCUT2D eigenvalue weighted by molar-refractivity contribution is 0.243. The van der Waals surface area contributed by atoms with Crippen LogP contribution in [0.3, 0.4) is 0 Å². The van der Waals surface area contributed by atoms with Crippen LogP contribution in [-0.4, -0.2) is 21.1 Å². The molecule has 0 unspecified atom stereocenters. The predicted molar refractivity (Wildman–Crippen MR) is 70.5 cm³/mol. The zero-order valence-electron chi connectivity index (χ0n) is 10.9. The molecule has 0 aliphatic carbocycles. The van der Waals surface area contributed by atoms with Crippen molar-refractivity contribution in [2.24, 2.45) is 7.05 Å². The second-order valence-electron chi connectivity index (χ2n) is 4.37. The fourth-order valence-electron chi connectivity index (χ4n) is 1.63. The zero-order chi connectivity index (χ0) is 13.0. The standard InChI is InChI=1S/C13H18N4O/c1-10(2)18-13-7-5-4-6-12(13)14-8-11-9-15-16-17(11)3/h4-7,9-10,14H,8H2,1-3H3. The lowest BCUT2D eigenvalue weighted by Gasteiger charge is -2.15. The Morgan fingerprint density at radius 1 is 1.33 bits per heavy atom. The number of hydrogen-bond acceptors (Lipinski definition) is 4. The second-order valence-corrected chi connectivity index (χ2v) is 4.37. The fraction of sp³-hybridized carbons (Fsp3) is 0.385. The number of ether oxygens (including phenoxy) is 1. The first kappa shape index (κ1) is 12.4. The molecule has 2 rings (SSSR count). The molecule has 5 heteroatoms. The lowest BCUT2D eigenvalue weighted by atomic mass is 10.3. The van der Waals surface area contributed by atoms with Crippen molar-refractivity contribution in [2.45, 2.75) is 26.5 Å². The highest BCUT2D eigenvalue weighted by atomic mass is 16.5. The third kappa shape index (κ3) is 3.00. The first-order chi connectivity index (χ1) is 8.66. The summed E-state index contributed by atoms with van der Waals surface area (Å²) in [5.74, 6) is 0.864. The van der Waals surface area contributed by atoms with E-state index in [4.69, 9.17) is 4.74 Å².